The second kappa shape index (κ2) is 11.5. The molecule has 0 amide bonds. The Balaban J connectivity index is 0.000000671. The summed E-state index contributed by atoms with van der Waals surface area (Å²) < 4.78 is 0. The third kappa shape index (κ3) is 5.88. The average molecular weight is 324 g/mol. The molecule has 0 aliphatic heterocycles. The molecular formula is C23H33N. The predicted molar refractivity (Wildman–Crippen MR) is 109 cm³/mol. The molecule has 2 aromatic carbocycles. The van der Waals surface area contributed by atoms with Gasteiger partial charge in [0.1, 0.15) is 0 Å². The van der Waals surface area contributed by atoms with Crippen LogP contribution in [0.5, 0.6) is 0 Å². The van der Waals surface area contributed by atoms with Gasteiger partial charge in [0.05, 0.1) is 0 Å². The van der Waals surface area contributed by atoms with Gasteiger partial charge < -0.3 is 5.32 Å². The summed E-state index contributed by atoms with van der Waals surface area (Å²) in [5.74, 6) is 0. The lowest BCUT2D eigenvalue weighted by atomic mass is 10.0. The maximum atomic E-state index is 4.18. The molecule has 0 bridgehead atoms. The van der Waals surface area contributed by atoms with Crippen LogP contribution in [0.15, 0.2) is 61.2 Å². The normalized spacial score (nSPS) is 13.2. The first-order chi connectivity index (χ1) is 11.8. The summed E-state index contributed by atoms with van der Waals surface area (Å²) in [6.07, 6.45) is 5.25. The van der Waals surface area contributed by atoms with Gasteiger partial charge in [-0.3, -0.25) is 0 Å². The summed E-state index contributed by atoms with van der Waals surface area (Å²) in [4.78, 5) is 0. The van der Waals surface area contributed by atoms with Crippen LogP contribution in [0.1, 0.15) is 58.9 Å². The summed E-state index contributed by atoms with van der Waals surface area (Å²) in [7, 11) is 0. The van der Waals surface area contributed by atoms with Crippen molar-refractivity contribution in [3.8, 4) is 11.1 Å². The van der Waals surface area contributed by atoms with E-state index in [-0.39, 0.29) is 0 Å². The van der Waals surface area contributed by atoms with Crippen molar-refractivity contribution in [3.63, 3.8) is 0 Å². The molecule has 1 heteroatoms. The molecular weight excluding hydrogens is 290 g/mol. The Hall–Kier alpha value is -2.02. The van der Waals surface area contributed by atoms with Crippen molar-refractivity contribution in [1.29, 1.82) is 0 Å². The van der Waals surface area contributed by atoms with Crippen LogP contribution >= 0.6 is 0 Å². The van der Waals surface area contributed by atoms with Gasteiger partial charge in [-0.05, 0) is 29.5 Å². The molecule has 1 fully saturated rings. The second-order valence-corrected chi connectivity index (χ2v) is 5.55. The minimum absolute atomic E-state index is 0.622. The lowest BCUT2D eigenvalue weighted by Crippen LogP contribution is -2.23. The first-order valence-electron chi connectivity index (χ1n) is 9.44. The smallest absolute Gasteiger partial charge is 0.0342 e. The van der Waals surface area contributed by atoms with Gasteiger partial charge in [-0.25, -0.2) is 0 Å². The van der Waals surface area contributed by atoms with Crippen molar-refractivity contribution in [3.05, 3.63) is 66.7 Å². The van der Waals surface area contributed by atoms with Crippen molar-refractivity contribution in [1.82, 2.24) is 5.32 Å². The first-order valence-corrected chi connectivity index (χ1v) is 9.44. The Labute approximate surface area is 148 Å². The van der Waals surface area contributed by atoms with Crippen LogP contribution in [0.3, 0.4) is 0 Å². The van der Waals surface area contributed by atoms with Crippen LogP contribution in [0.25, 0.3) is 16.8 Å². The topological polar surface area (TPSA) is 12.0 Å². The maximum Gasteiger partial charge on any atom is 0.0342 e. The van der Waals surface area contributed by atoms with Crippen LogP contribution in [0.2, 0.25) is 0 Å². The minimum atomic E-state index is 0.622. The molecule has 2 aromatic rings. The molecule has 0 radical (unpaired) electrons. The summed E-state index contributed by atoms with van der Waals surface area (Å²) in [5.41, 5.74) is 4.75. The Morgan fingerprint density at radius 2 is 1.29 bits per heavy atom. The monoisotopic (exact) mass is 323 g/mol. The largest absolute Gasteiger partial charge is 0.382 e. The summed E-state index contributed by atoms with van der Waals surface area (Å²) in [6, 6.07) is 19.8. The summed E-state index contributed by atoms with van der Waals surface area (Å²) in [5, 5.41) is 3.56. The van der Waals surface area contributed by atoms with Crippen LogP contribution < -0.4 is 5.32 Å². The molecule has 1 aliphatic rings. The molecule has 24 heavy (non-hydrogen) atoms. The van der Waals surface area contributed by atoms with Crippen LogP contribution in [0.4, 0.5) is 0 Å². The van der Waals surface area contributed by atoms with Gasteiger partial charge in [-0.2, -0.15) is 0 Å². The molecule has 0 heterocycles. The van der Waals surface area contributed by atoms with Gasteiger partial charge in [0, 0.05) is 11.7 Å². The Morgan fingerprint density at radius 3 is 1.83 bits per heavy atom. The van der Waals surface area contributed by atoms with Crippen molar-refractivity contribution in [2.45, 2.75) is 59.4 Å². The van der Waals surface area contributed by atoms with E-state index in [1.807, 2.05) is 33.8 Å². The van der Waals surface area contributed by atoms with E-state index in [2.05, 4.69) is 60.4 Å². The first kappa shape index (κ1) is 20.0. The van der Waals surface area contributed by atoms with E-state index in [4.69, 9.17) is 0 Å². The predicted octanol–water partition coefficient (Wildman–Crippen LogP) is 6.91. The molecule has 0 unspecified atom stereocenters. The van der Waals surface area contributed by atoms with E-state index < -0.39 is 0 Å². The van der Waals surface area contributed by atoms with Crippen LogP contribution in [0, 0.1) is 0 Å². The minimum Gasteiger partial charge on any atom is -0.382 e. The second-order valence-electron chi connectivity index (χ2n) is 5.55. The van der Waals surface area contributed by atoms with Crippen LogP contribution in [-0.2, 0) is 0 Å². The van der Waals surface area contributed by atoms with Crippen molar-refractivity contribution < 1.29 is 0 Å². The van der Waals surface area contributed by atoms with Gasteiger partial charge >= 0.3 is 0 Å². The molecule has 0 spiro atoms. The van der Waals surface area contributed by atoms with Gasteiger partial charge in [0.15, 0.2) is 0 Å². The van der Waals surface area contributed by atoms with E-state index in [1.165, 1.54) is 42.4 Å². The van der Waals surface area contributed by atoms with Gasteiger partial charge in [0.25, 0.3) is 0 Å². The number of rotatable bonds is 4. The fourth-order valence-electron chi connectivity index (χ4n) is 2.89. The fourth-order valence-corrected chi connectivity index (χ4v) is 2.89. The summed E-state index contributed by atoms with van der Waals surface area (Å²) in [6.45, 7) is 12.2. The molecule has 1 aliphatic carbocycles. The summed E-state index contributed by atoms with van der Waals surface area (Å²) >= 11 is 0. The molecule has 1 nitrogen and oxygen atoms in total. The molecule has 0 saturated heterocycles. The van der Waals surface area contributed by atoms with Crippen molar-refractivity contribution >= 4 is 5.70 Å². The van der Waals surface area contributed by atoms with Crippen molar-refractivity contribution in [2.75, 3.05) is 0 Å². The quantitative estimate of drug-likeness (QED) is 0.644. The zero-order chi connectivity index (χ0) is 17.8. The number of nitrogens with one attached hydrogen (secondary N) is 1. The highest BCUT2D eigenvalue weighted by molar-refractivity contribution is 5.68. The van der Waals surface area contributed by atoms with E-state index >= 15 is 0 Å². The van der Waals surface area contributed by atoms with Gasteiger partial charge in [-0.1, -0.05) is 102 Å². The van der Waals surface area contributed by atoms with Crippen molar-refractivity contribution in [2.24, 2.45) is 0 Å². The molecule has 0 atom stereocenters. The average Bonchev–Trinajstić information content (AvgIpc) is 3.19. The third-order valence-corrected chi connectivity index (χ3v) is 4.07. The number of hydrogen-bond acceptors (Lipinski definition) is 1. The number of hydrogen-bond donors (Lipinski definition) is 1. The molecule has 3 rings (SSSR count). The van der Waals surface area contributed by atoms with E-state index in [1.54, 1.807) is 0 Å². The highest BCUT2D eigenvalue weighted by Crippen LogP contribution is 2.23. The lowest BCUT2D eigenvalue weighted by Gasteiger charge is -2.16. The number of benzene rings is 2. The molecule has 130 valence electrons. The fraction of sp³-hybridized carbons (Fsp3) is 0.391. The third-order valence-electron chi connectivity index (χ3n) is 4.07. The lowest BCUT2D eigenvalue weighted by molar-refractivity contribution is 0.619. The highest BCUT2D eigenvalue weighted by atomic mass is 14.9. The molecule has 1 saturated carbocycles. The Kier molecular flexibility index (Phi) is 9.60. The van der Waals surface area contributed by atoms with E-state index in [0.29, 0.717) is 6.04 Å². The molecule has 0 aromatic heterocycles. The van der Waals surface area contributed by atoms with E-state index in [9.17, 15) is 0 Å². The standard InChI is InChI=1S/C19H21N.2C2H6/c1-15(20-19-9-5-6-10-19)16-11-13-18(14-12-16)17-7-3-2-4-8-17;2*1-2/h2-4,7-8,11-14,19-20H,1,5-6,9-10H2;2*1-2H3. The highest BCUT2D eigenvalue weighted by Gasteiger charge is 2.15. The maximum absolute atomic E-state index is 4.18. The SMILES string of the molecule is C=C(NC1CCCC1)c1ccc(-c2ccccc2)cc1.CC.CC. The molecule has 1 N–H and O–H groups in total. The van der Waals surface area contributed by atoms with Gasteiger partial charge in [-0.15, -0.1) is 0 Å². The zero-order valence-electron chi connectivity index (χ0n) is 15.8. The van der Waals surface area contributed by atoms with E-state index in [0.717, 1.165) is 5.70 Å². The Bertz CT molecular complexity index is 563. The Morgan fingerprint density at radius 1 is 0.792 bits per heavy atom. The van der Waals surface area contributed by atoms with Gasteiger partial charge in [0.2, 0.25) is 0 Å². The van der Waals surface area contributed by atoms with Crippen LogP contribution in [-0.4, -0.2) is 6.04 Å². The zero-order valence-corrected chi connectivity index (χ0v) is 15.8.